The summed E-state index contributed by atoms with van der Waals surface area (Å²) in [6.07, 6.45) is 1.40. The Morgan fingerprint density at radius 3 is 2.58 bits per heavy atom. The quantitative estimate of drug-likeness (QED) is 0.561. The summed E-state index contributed by atoms with van der Waals surface area (Å²) in [5, 5.41) is 3.82. The number of nitrogens with zero attached hydrogens (tertiary/aromatic N) is 1. The normalized spacial score (nSPS) is 11.4. The highest BCUT2D eigenvalue weighted by Gasteiger charge is 2.12. The van der Waals surface area contributed by atoms with Crippen LogP contribution in [-0.2, 0) is 10.0 Å². The molecule has 0 spiro atoms. The molecule has 0 radical (unpaired) electrons. The maximum Gasteiger partial charge on any atom is 0.276 e. The van der Waals surface area contributed by atoms with Crippen molar-refractivity contribution in [2.24, 2.45) is 5.10 Å². The van der Waals surface area contributed by atoms with E-state index in [0.717, 1.165) is 5.56 Å². The van der Waals surface area contributed by atoms with Gasteiger partial charge in [-0.3, -0.25) is 0 Å². The van der Waals surface area contributed by atoms with Crippen molar-refractivity contribution in [3.05, 3.63) is 70.7 Å². The van der Waals surface area contributed by atoms with E-state index in [4.69, 9.17) is 4.74 Å². The number of hydrazone groups is 1. The molecular weight excluding hydrogens is 392 g/mol. The molecule has 0 aromatic heterocycles. The first kappa shape index (κ1) is 18.2. The number of para-hydroxylation sites is 1. The molecule has 0 unspecified atom stereocenters. The molecular formula is C17H17BrN2O3S. The van der Waals surface area contributed by atoms with Crippen molar-refractivity contribution in [3.8, 4) is 5.75 Å². The van der Waals surface area contributed by atoms with Crippen LogP contribution in [0.5, 0.6) is 5.75 Å². The number of hydrogen-bond donors (Lipinski definition) is 1. The summed E-state index contributed by atoms with van der Waals surface area (Å²) in [5.41, 5.74) is 1.63. The van der Waals surface area contributed by atoms with Gasteiger partial charge in [-0.05, 0) is 31.2 Å². The average molecular weight is 409 g/mol. The highest BCUT2D eigenvalue weighted by Crippen LogP contribution is 2.17. The maximum absolute atomic E-state index is 12.2. The monoisotopic (exact) mass is 408 g/mol. The summed E-state index contributed by atoms with van der Waals surface area (Å²) >= 11 is 3.22. The van der Waals surface area contributed by atoms with Gasteiger partial charge in [0.15, 0.2) is 0 Å². The number of ether oxygens (including phenoxy) is 1. The Balaban J connectivity index is 2.11. The van der Waals surface area contributed by atoms with Crippen molar-refractivity contribution in [2.45, 2.75) is 11.8 Å². The minimum absolute atomic E-state index is 0.158. The van der Waals surface area contributed by atoms with Crippen LogP contribution in [0.2, 0.25) is 0 Å². The number of sulfonamides is 1. The molecule has 7 heteroatoms. The Morgan fingerprint density at radius 2 is 1.92 bits per heavy atom. The van der Waals surface area contributed by atoms with Crippen LogP contribution in [0.1, 0.15) is 11.1 Å². The molecule has 0 aliphatic heterocycles. The molecule has 0 atom stereocenters. The highest BCUT2D eigenvalue weighted by molar-refractivity contribution is 9.11. The number of nitrogens with one attached hydrogen (secondary N) is 1. The van der Waals surface area contributed by atoms with Crippen molar-refractivity contribution in [2.75, 3.05) is 6.61 Å². The SMILES string of the molecule is C=C(Br)COc1ccccc1/C=N/NS(=O)(=O)c1ccc(C)cc1. The summed E-state index contributed by atoms with van der Waals surface area (Å²) in [4.78, 5) is 2.35. The van der Waals surface area contributed by atoms with Crippen LogP contribution in [-0.4, -0.2) is 21.2 Å². The lowest BCUT2D eigenvalue weighted by atomic mass is 10.2. The van der Waals surface area contributed by atoms with E-state index in [2.05, 4.69) is 32.4 Å². The first-order valence-corrected chi connectivity index (χ1v) is 9.33. The summed E-state index contributed by atoms with van der Waals surface area (Å²) in [5.74, 6) is 0.580. The van der Waals surface area contributed by atoms with Gasteiger partial charge in [0.2, 0.25) is 0 Å². The zero-order valence-electron chi connectivity index (χ0n) is 13.1. The van der Waals surface area contributed by atoms with Gasteiger partial charge >= 0.3 is 0 Å². The van der Waals surface area contributed by atoms with E-state index < -0.39 is 10.0 Å². The third-order valence-electron chi connectivity index (χ3n) is 3.01. The summed E-state index contributed by atoms with van der Waals surface area (Å²) in [7, 11) is -3.70. The van der Waals surface area contributed by atoms with Gasteiger partial charge in [-0.25, -0.2) is 4.83 Å². The second-order valence-corrected chi connectivity index (χ2v) is 7.79. The van der Waals surface area contributed by atoms with E-state index >= 15 is 0 Å². The maximum atomic E-state index is 12.2. The van der Waals surface area contributed by atoms with Gasteiger partial charge in [0.05, 0.1) is 11.1 Å². The van der Waals surface area contributed by atoms with Crippen LogP contribution >= 0.6 is 15.9 Å². The lowest BCUT2D eigenvalue weighted by molar-refractivity contribution is 0.360. The minimum atomic E-state index is -3.70. The molecule has 0 saturated heterocycles. The van der Waals surface area contributed by atoms with E-state index in [1.807, 2.05) is 19.1 Å². The van der Waals surface area contributed by atoms with Gasteiger partial charge in [0, 0.05) is 10.0 Å². The lowest BCUT2D eigenvalue weighted by Gasteiger charge is -2.08. The second-order valence-electron chi connectivity index (χ2n) is 5.01. The predicted molar refractivity (Wildman–Crippen MR) is 99.1 cm³/mol. The fraction of sp³-hybridized carbons (Fsp3) is 0.118. The molecule has 0 bridgehead atoms. The van der Waals surface area contributed by atoms with Crippen molar-refractivity contribution in [1.29, 1.82) is 0 Å². The molecule has 2 aromatic rings. The van der Waals surface area contributed by atoms with Crippen LogP contribution in [0.25, 0.3) is 0 Å². The number of benzene rings is 2. The van der Waals surface area contributed by atoms with Crippen molar-refractivity contribution >= 4 is 32.2 Å². The van der Waals surface area contributed by atoms with Crippen LogP contribution in [0.4, 0.5) is 0 Å². The van der Waals surface area contributed by atoms with Crippen molar-refractivity contribution in [1.82, 2.24) is 4.83 Å². The average Bonchev–Trinajstić information content (AvgIpc) is 2.54. The van der Waals surface area contributed by atoms with Gasteiger partial charge in [0.25, 0.3) is 10.0 Å². The molecule has 0 amide bonds. The van der Waals surface area contributed by atoms with Crippen LogP contribution in [0, 0.1) is 6.92 Å². The fourth-order valence-corrected chi connectivity index (χ4v) is 2.72. The zero-order valence-corrected chi connectivity index (χ0v) is 15.5. The Bertz CT molecular complexity index is 846. The fourth-order valence-electron chi connectivity index (χ4n) is 1.81. The first-order chi connectivity index (χ1) is 11.4. The molecule has 0 heterocycles. The third-order valence-corrected chi connectivity index (χ3v) is 4.48. The first-order valence-electron chi connectivity index (χ1n) is 7.05. The molecule has 0 saturated carbocycles. The molecule has 0 fully saturated rings. The molecule has 126 valence electrons. The van der Waals surface area contributed by atoms with Gasteiger partial charge in [-0.1, -0.05) is 52.3 Å². The van der Waals surface area contributed by atoms with E-state index in [9.17, 15) is 8.42 Å². The second kappa shape index (κ2) is 8.12. The highest BCUT2D eigenvalue weighted by atomic mass is 79.9. The Hall–Kier alpha value is -2.12. The summed E-state index contributed by atoms with van der Waals surface area (Å²) in [6.45, 7) is 5.90. The molecule has 1 N–H and O–H groups in total. The van der Waals surface area contributed by atoms with E-state index in [0.29, 0.717) is 22.4 Å². The van der Waals surface area contributed by atoms with Gasteiger partial charge < -0.3 is 4.74 Å². The van der Waals surface area contributed by atoms with Gasteiger partial charge in [-0.2, -0.15) is 13.5 Å². The Kier molecular flexibility index (Phi) is 6.16. The van der Waals surface area contributed by atoms with E-state index in [1.165, 1.54) is 18.3 Å². The van der Waals surface area contributed by atoms with Crippen molar-refractivity contribution in [3.63, 3.8) is 0 Å². The minimum Gasteiger partial charge on any atom is -0.488 e. The topological polar surface area (TPSA) is 67.8 Å². The largest absolute Gasteiger partial charge is 0.488 e. The number of hydrogen-bond acceptors (Lipinski definition) is 4. The van der Waals surface area contributed by atoms with E-state index in [1.54, 1.807) is 24.3 Å². The van der Waals surface area contributed by atoms with Gasteiger partial charge in [0.1, 0.15) is 12.4 Å². The van der Waals surface area contributed by atoms with Crippen molar-refractivity contribution < 1.29 is 13.2 Å². The third kappa shape index (κ3) is 5.21. The van der Waals surface area contributed by atoms with Gasteiger partial charge in [-0.15, -0.1) is 0 Å². The van der Waals surface area contributed by atoms with Crippen LogP contribution in [0.3, 0.4) is 0 Å². The number of halogens is 1. The predicted octanol–water partition coefficient (Wildman–Crippen LogP) is 3.59. The Labute approximate surface area is 150 Å². The summed E-state index contributed by atoms with van der Waals surface area (Å²) in [6, 6.07) is 13.7. The molecule has 2 rings (SSSR count). The smallest absolute Gasteiger partial charge is 0.276 e. The molecule has 0 aliphatic rings. The molecule has 2 aromatic carbocycles. The Morgan fingerprint density at radius 1 is 1.25 bits per heavy atom. The number of rotatable bonds is 7. The molecule has 0 aliphatic carbocycles. The lowest BCUT2D eigenvalue weighted by Crippen LogP contribution is -2.18. The van der Waals surface area contributed by atoms with Crippen LogP contribution in [0.15, 0.2) is 69.6 Å². The van der Waals surface area contributed by atoms with E-state index in [-0.39, 0.29) is 4.90 Å². The van der Waals surface area contributed by atoms with Crippen LogP contribution < -0.4 is 9.57 Å². The molecule has 5 nitrogen and oxygen atoms in total. The summed E-state index contributed by atoms with van der Waals surface area (Å²) < 4.78 is 30.6. The zero-order chi connectivity index (χ0) is 17.6. The number of aryl methyl sites for hydroxylation is 1. The standard InChI is InChI=1S/C17H17BrN2O3S/c1-13-7-9-16(10-8-13)24(21,22)20-19-11-15-5-3-4-6-17(15)23-12-14(2)18/h3-11,20H,2,12H2,1H3/b19-11+. The molecule has 24 heavy (non-hydrogen) atoms.